The third-order valence-corrected chi connectivity index (χ3v) is 4.67. The van der Waals surface area contributed by atoms with Gasteiger partial charge >= 0.3 is 0 Å². The van der Waals surface area contributed by atoms with Gasteiger partial charge in [-0.1, -0.05) is 0 Å². The van der Waals surface area contributed by atoms with Crippen molar-refractivity contribution >= 4 is 15.9 Å². The van der Waals surface area contributed by atoms with E-state index in [1.165, 1.54) is 0 Å². The van der Waals surface area contributed by atoms with Crippen LogP contribution in [0.5, 0.6) is 0 Å². The van der Waals surface area contributed by atoms with Crippen molar-refractivity contribution in [3.63, 3.8) is 0 Å². The molecule has 116 valence electrons. The number of aryl methyl sites for hydroxylation is 4. The van der Waals surface area contributed by atoms with Crippen LogP contribution in [0.1, 0.15) is 42.7 Å². The van der Waals surface area contributed by atoms with Crippen LogP contribution in [0, 0.1) is 13.8 Å². The summed E-state index contributed by atoms with van der Waals surface area (Å²) < 4.78 is 5.07. The van der Waals surface area contributed by atoms with Crippen molar-refractivity contribution in [3.8, 4) is 0 Å². The molecule has 0 radical (unpaired) electrons. The second-order valence-electron chi connectivity index (χ2n) is 5.11. The van der Waals surface area contributed by atoms with Crippen LogP contribution in [0.3, 0.4) is 0 Å². The van der Waals surface area contributed by atoms with Gasteiger partial charge in [0.1, 0.15) is 0 Å². The van der Waals surface area contributed by atoms with E-state index >= 15 is 0 Å². The van der Waals surface area contributed by atoms with E-state index in [1.807, 2.05) is 23.2 Å². The molecule has 0 amide bonds. The molecule has 6 nitrogen and oxygen atoms in total. The lowest BCUT2D eigenvalue weighted by Gasteiger charge is -2.18. The third-order valence-electron chi connectivity index (χ3n) is 3.64. The van der Waals surface area contributed by atoms with Crippen LogP contribution in [-0.4, -0.2) is 19.6 Å². The molecule has 0 spiro atoms. The summed E-state index contributed by atoms with van der Waals surface area (Å²) in [6, 6.07) is 2.09. The van der Waals surface area contributed by atoms with Crippen molar-refractivity contribution in [3.05, 3.63) is 33.3 Å². The van der Waals surface area contributed by atoms with Crippen LogP contribution >= 0.6 is 15.9 Å². The zero-order chi connectivity index (χ0) is 15.6. The van der Waals surface area contributed by atoms with E-state index in [0.717, 1.165) is 46.8 Å². The Morgan fingerprint density at radius 1 is 1.24 bits per heavy atom. The topological polar surface area (TPSA) is 73.7 Å². The summed E-state index contributed by atoms with van der Waals surface area (Å²) in [7, 11) is 0. The summed E-state index contributed by atoms with van der Waals surface area (Å²) >= 11 is 3.64. The fourth-order valence-corrected chi connectivity index (χ4v) is 3.05. The molecule has 0 aliphatic heterocycles. The van der Waals surface area contributed by atoms with Crippen molar-refractivity contribution in [1.82, 2.24) is 25.0 Å². The molecule has 3 N–H and O–H groups in total. The fourth-order valence-electron chi connectivity index (χ4n) is 2.61. The smallest absolute Gasteiger partial charge is 0.0738 e. The van der Waals surface area contributed by atoms with Gasteiger partial charge in [-0.2, -0.15) is 10.2 Å². The maximum atomic E-state index is 5.80. The summed E-state index contributed by atoms with van der Waals surface area (Å²) in [5.74, 6) is 5.80. The van der Waals surface area contributed by atoms with Crippen LogP contribution in [0.25, 0.3) is 0 Å². The Morgan fingerprint density at radius 3 is 2.48 bits per heavy atom. The average molecular weight is 355 g/mol. The van der Waals surface area contributed by atoms with Gasteiger partial charge in [0.05, 0.1) is 33.3 Å². The minimum absolute atomic E-state index is 0.00356. The number of halogens is 1. The molecular formula is C14H23BrN6. The third kappa shape index (κ3) is 3.20. The van der Waals surface area contributed by atoms with E-state index in [4.69, 9.17) is 5.84 Å². The van der Waals surface area contributed by atoms with Crippen LogP contribution in [0.15, 0.2) is 10.5 Å². The van der Waals surface area contributed by atoms with Crippen molar-refractivity contribution in [2.75, 3.05) is 0 Å². The quantitative estimate of drug-likeness (QED) is 0.616. The fraction of sp³-hybridized carbons (Fsp3) is 0.571. The minimum Gasteiger partial charge on any atom is -0.271 e. The molecule has 21 heavy (non-hydrogen) atoms. The monoisotopic (exact) mass is 354 g/mol. The van der Waals surface area contributed by atoms with Crippen LogP contribution in [0.2, 0.25) is 0 Å². The molecule has 0 fully saturated rings. The number of hydrogen-bond acceptors (Lipinski definition) is 4. The Bertz CT molecular complexity index is 615. The molecule has 0 saturated carbocycles. The molecule has 1 unspecified atom stereocenters. The highest BCUT2D eigenvalue weighted by molar-refractivity contribution is 9.10. The number of nitrogens with one attached hydrogen (secondary N) is 1. The lowest BCUT2D eigenvalue weighted by Crippen LogP contribution is -2.32. The van der Waals surface area contributed by atoms with Gasteiger partial charge in [0.25, 0.3) is 0 Å². The summed E-state index contributed by atoms with van der Waals surface area (Å²) in [6.45, 7) is 9.85. The number of hydrazine groups is 1. The average Bonchev–Trinajstić information content (AvgIpc) is 2.98. The first-order chi connectivity index (χ1) is 10.0. The van der Waals surface area contributed by atoms with Crippen molar-refractivity contribution in [1.29, 1.82) is 0 Å². The Labute approximate surface area is 133 Å². The van der Waals surface area contributed by atoms with E-state index in [2.05, 4.69) is 51.5 Å². The van der Waals surface area contributed by atoms with Crippen molar-refractivity contribution in [2.24, 2.45) is 5.84 Å². The second-order valence-corrected chi connectivity index (χ2v) is 5.90. The van der Waals surface area contributed by atoms with Gasteiger partial charge in [-0.05, 0) is 49.7 Å². The number of nitrogens with two attached hydrogens (primary N) is 1. The van der Waals surface area contributed by atoms with Gasteiger partial charge in [0, 0.05) is 19.5 Å². The van der Waals surface area contributed by atoms with E-state index in [1.54, 1.807) is 0 Å². The van der Waals surface area contributed by atoms with E-state index in [9.17, 15) is 0 Å². The summed E-state index contributed by atoms with van der Waals surface area (Å²) in [5.41, 5.74) is 7.18. The molecule has 1 atom stereocenters. The first-order valence-corrected chi connectivity index (χ1v) is 8.03. The number of rotatable bonds is 6. The Balaban J connectivity index is 2.35. The zero-order valence-electron chi connectivity index (χ0n) is 13.0. The Hall–Kier alpha value is -1.18. The second kappa shape index (κ2) is 6.72. The van der Waals surface area contributed by atoms with Crippen molar-refractivity contribution in [2.45, 2.75) is 53.2 Å². The van der Waals surface area contributed by atoms with E-state index in [-0.39, 0.29) is 6.04 Å². The minimum atomic E-state index is 0.00356. The summed E-state index contributed by atoms with van der Waals surface area (Å²) in [6.07, 6.45) is 0.761. The van der Waals surface area contributed by atoms with Crippen molar-refractivity contribution < 1.29 is 0 Å². The zero-order valence-corrected chi connectivity index (χ0v) is 14.6. The van der Waals surface area contributed by atoms with Gasteiger partial charge in [0.2, 0.25) is 0 Å². The summed E-state index contributed by atoms with van der Waals surface area (Å²) in [5, 5.41) is 9.03. The normalized spacial score (nSPS) is 12.9. The molecule has 2 aromatic heterocycles. The van der Waals surface area contributed by atoms with Gasteiger partial charge in [-0.15, -0.1) is 0 Å². The Morgan fingerprint density at radius 2 is 1.90 bits per heavy atom. The molecule has 0 aliphatic rings. The van der Waals surface area contributed by atoms with Gasteiger partial charge in [-0.25, -0.2) is 0 Å². The lowest BCUT2D eigenvalue weighted by atomic mass is 10.1. The number of nitrogens with zero attached hydrogens (tertiary/aromatic N) is 4. The highest BCUT2D eigenvalue weighted by atomic mass is 79.9. The molecule has 2 aromatic rings. The summed E-state index contributed by atoms with van der Waals surface area (Å²) in [4.78, 5) is 0. The molecule has 7 heteroatoms. The van der Waals surface area contributed by atoms with Crippen LogP contribution in [0.4, 0.5) is 0 Å². The standard InChI is InChI=1S/C14H23BrN6/c1-5-20-12(7-9(3)18-20)11(17-16)8-13-14(15)10(4)19-21(13)6-2/h7,11,17H,5-6,8,16H2,1-4H3. The molecule has 0 aliphatic carbocycles. The molecule has 2 heterocycles. The van der Waals surface area contributed by atoms with Gasteiger partial charge < -0.3 is 0 Å². The highest BCUT2D eigenvalue weighted by Gasteiger charge is 2.21. The maximum Gasteiger partial charge on any atom is 0.0738 e. The molecule has 0 saturated heterocycles. The largest absolute Gasteiger partial charge is 0.271 e. The van der Waals surface area contributed by atoms with E-state index in [0.29, 0.717) is 0 Å². The maximum absolute atomic E-state index is 5.80. The molecular weight excluding hydrogens is 332 g/mol. The van der Waals surface area contributed by atoms with Gasteiger partial charge in [0.15, 0.2) is 0 Å². The SMILES string of the molecule is CCn1nc(C)cc1C(Cc1c(Br)c(C)nn1CC)NN. The predicted octanol–water partition coefficient (Wildman–Crippen LogP) is 2.25. The predicted molar refractivity (Wildman–Crippen MR) is 86.7 cm³/mol. The number of aromatic nitrogens is 4. The van der Waals surface area contributed by atoms with Crippen LogP contribution < -0.4 is 11.3 Å². The Kier molecular flexibility index (Phi) is 5.18. The first kappa shape index (κ1) is 16.2. The first-order valence-electron chi connectivity index (χ1n) is 7.24. The van der Waals surface area contributed by atoms with Crippen LogP contribution in [-0.2, 0) is 19.5 Å². The number of hydrogen-bond donors (Lipinski definition) is 2. The molecule has 0 aromatic carbocycles. The lowest BCUT2D eigenvalue weighted by molar-refractivity contribution is 0.472. The molecule has 0 bridgehead atoms. The van der Waals surface area contributed by atoms with E-state index < -0.39 is 0 Å². The van der Waals surface area contributed by atoms with Gasteiger partial charge in [-0.3, -0.25) is 20.6 Å². The molecule has 2 rings (SSSR count). The highest BCUT2D eigenvalue weighted by Crippen LogP contribution is 2.26.